The summed E-state index contributed by atoms with van der Waals surface area (Å²) >= 11 is 0. The summed E-state index contributed by atoms with van der Waals surface area (Å²) in [4.78, 5) is 10.8. The Labute approximate surface area is 153 Å². The molecule has 1 fully saturated rings. The van der Waals surface area contributed by atoms with Crippen molar-refractivity contribution in [2.24, 2.45) is 11.8 Å². The molecule has 0 radical (unpaired) electrons. The minimum Gasteiger partial charge on any atom is -0.493 e. The second-order valence-electron chi connectivity index (χ2n) is 6.97. The maximum atomic E-state index is 10.8. The fourth-order valence-electron chi connectivity index (χ4n) is 2.94. The third-order valence-corrected chi connectivity index (χ3v) is 4.41. The van der Waals surface area contributed by atoms with Gasteiger partial charge in [0.05, 0.1) is 25.2 Å². The number of hydrogen-bond acceptors (Lipinski definition) is 4. The molecule has 2 aromatic rings. The Bertz CT molecular complexity index is 766. The lowest BCUT2D eigenvalue weighted by atomic mass is 10.0. The molecule has 2 unspecified atom stereocenters. The SMILES string of the molecule is CC(C)Oc1cc(CO)cc(-c2ccc(OCC3CC3C(=O)O)cc2)c1. The average Bonchev–Trinajstić information content (AvgIpc) is 3.39. The molecule has 1 aliphatic rings. The quantitative estimate of drug-likeness (QED) is 0.754. The van der Waals surface area contributed by atoms with Crippen LogP contribution in [-0.2, 0) is 11.4 Å². The number of rotatable bonds is 8. The first-order valence-electron chi connectivity index (χ1n) is 8.84. The summed E-state index contributed by atoms with van der Waals surface area (Å²) in [5.41, 5.74) is 2.76. The maximum Gasteiger partial charge on any atom is 0.306 e. The van der Waals surface area contributed by atoms with Crippen LogP contribution in [-0.4, -0.2) is 28.9 Å². The van der Waals surface area contributed by atoms with Gasteiger partial charge in [-0.1, -0.05) is 12.1 Å². The number of ether oxygens (including phenoxy) is 2. The predicted octanol–water partition coefficient (Wildman–Crippen LogP) is 3.73. The van der Waals surface area contributed by atoms with Gasteiger partial charge in [0.2, 0.25) is 0 Å². The van der Waals surface area contributed by atoms with Crippen LogP contribution in [0.1, 0.15) is 25.8 Å². The van der Waals surface area contributed by atoms with Crippen molar-refractivity contribution in [3.05, 3.63) is 48.0 Å². The first-order valence-corrected chi connectivity index (χ1v) is 8.84. The van der Waals surface area contributed by atoms with Crippen LogP contribution in [0.3, 0.4) is 0 Å². The van der Waals surface area contributed by atoms with E-state index in [-0.39, 0.29) is 24.5 Å². The third-order valence-electron chi connectivity index (χ3n) is 4.41. The van der Waals surface area contributed by atoms with Gasteiger partial charge in [-0.2, -0.15) is 0 Å². The molecular formula is C21H24O5. The molecule has 5 heteroatoms. The highest BCUT2D eigenvalue weighted by Gasteiger charge is 2.43. The number of hydrogen-bond donors (Lipinski definition) is 2. The van der Waals surface area contributed by atoms with Gasteiger partial charge >= 0.3 is 5.97 Å². The Balaban J connectivity index is 1.69. The molecule has 0 spiro atoms. The highest BCUT2D eigenvalue weighted by molar-refractivity contribution is 5.73. The lowest BCUT2D eigenvalue weighted by molar-refractivity contribution is -0.138. The van der Waals surface area contributed by atoms with E-state index in [0.29, 0.717) is 13.0 Å². The third kappa shape index (κ3) is 4.55. The van der Waals surface area contributed by atoms with Crippen LogP contribution in [0, 0.1) is 11.8 Å². The molecule has 0 heterocycles. The second-order valence-corrected chi connectivity index (χ2v) is 6.97. The van der Waals surface area contributed by atoms with E-state index in [1.165, 1.54) is 0 Å². The van der Waals surface area contributed by atoms with Gasteiger partial charge in [0.1, 0.15) is 11.5 Å². The molecule has 1 saturated carbocycles. The summed E-state index contributed by atoms with van der Waals surface area (Å²) in [5, 5.41) is 18.4. The van der Waals surface area contributed by atoms with Crippen molar-refractivity contribution in [3.8, 4) is 22.6 Å². The minimum atomic E-state index is -0.739. The van der Waals surface area contributed by atoms with Crippen molar-refractivity contribution in [1.82, 2.24) is 0 Å². The number of aliphatic carboxylic acids is 1. The Kier molecular flexibility index (Phi) is 5.47. The van der Waals surface area contributed by atoms with Gasteiger partial charge in [-0.05, 0) is 67.3 Å². The molecule has 0 aliphatic heterocycles. The van der Waals surface area contributed by atoms with Gasteiger partial charge in [-0.15, -0.1) is 0 Å². The number of benzene rings is 2. The summed E-state index contributed by atoms with van der Waals surface area (Å²) in [6.07, 6.45) is 0.754. The van der Waals surface area contributed by atoms with Crippen LogP contribution in [0.25, 0.3) is 11.1 Å². The molecule has 138 valence electrons. The molecule has 0 aromatic heterocycles. The van der Waals surface area contributed by atoms with Crippen molar-refractivity contribution in [3.63, 3.8) is 0 Å². The zero-order valence-corrected chi connectivity index (χ0v) is 15.0. The molecule has 5 nitrogen and oxygen atoms in total. The number of aliphatic hydroxyl groups is 1. The van der Waals surface area contributed by atoms with Crippen LogP contribution in [0.15, 0.2) is 42.5 Å². The van der Waals surface area contributed by atoms with E-state index >= 15 is 0 Å². The summed E-state index contributed by atoms with van der Waals surface area (Å²) in [6.45, 7) is 4.32. The van der Waals surface area contributed by atoms with Gasteiger partial charge in [-0.3, -0.25) is 4.79 Å². The highest BCUT2D eigenvalue weighted by Crippen LogP contribution is 2.39. The zero-order valence-electron chi connectivity index (χ0n) is 15.0. The molecular weight excluding hydrogens is 332 g/mol. The Morgan fingerprint density at radius 2 is 1.85 bits per heavy atom. The molecule has 2 N–H and O–H groups in total. The molecule has 3 rings (SSSR count). The fraction of sp³-hybridized carbons (Fsp3) is 0.381. The summed E-state index contributed by atoms with van der Waals surface area (Å²) in [6, 6.07) is 13.4. The maximum absolute atomic E-state index is 10.8. The summed E-state index contributed by atoms with van der Waals surface area (Å²) in [5.74, 6) is 0.577. The van der Waals surface area contributed by atoms with E-state index in [9.17, 15) is 9.90 Å². The first-order chi connectivity index (χ1) is 12.5. The van der Waals surface area contributed by atoms with Gasteiger partial charge in [0, 0.05) is 5.92 Å². The smallest absolute Gasteiger partial charge is 0.306 e. The largest absolute Gasteiger partial charge is 0.493 e. The Morgan fingerprint density at radius 1 is 1.12 bits per heavy atom. The van der Waals surface area contributed by atoms with E-state index < -0.39 is 5.97 Å². The van der Waals surface area contributed by atoms with Crippen molar-refractivity contribution >= 4 is 5.97 Å². The number of carboxylic acids is 1. The zero-order chi connectivity index (χ0) is 18.7. The molecule has 0 amide bonds. The fourth-order valence-corrected chi connectivity index (χ4v) is 2.94. The Morgan fingerprint density at radius 3 is 2.42 bits per heavy atom. The van der Waals surface area contributed by atoms with E-state index in [4.69, 9.17) is 14.6 Å². The Hall–Kier alpha value is -2.53. The summed E-state index contributed by atoms with van der Waals surface area (Å²) < 4.78 is 11.5. The first kappa shape index (κ1) is 18.3. The number of carboxylic acid groups (broad SMARTS) is 1. The predicted molar refractivity (Wildman–Crippen MR) is 98.3 cm³/mol. The second kappa shape index (κ2) is 7.79. The molecule has 26 heavy (non-hydrogen) atoms. The van der Waals surface area contributed by atoms with E-state index in [2.05, 4.69) is 0 Å². The summed E-state index contributed by atoms with van der Waals surface area (Å²) in [7, 11) is 0. The molecule has 1 aliphatic carbocycles. The van der Waals surface area contributed by atoms with Gasteiger partial charge in [0.15, 0.2) is 0 Å². The average molecular weight is 356 g/mol. The topological polar surface area (TPSA) is 76.0 Å². The number of aliphatic hydroxyl groups excluding tert-OH is 1. The van der Waals surface area contributed by atoms with Gasteiger partial charge in [0.25, 0.3) is 0 Å². The standard InChI is InChI=1S/C21H24O5/c1-13(2)26-19-8-14(11-22)7-16(9-19)15-3-5-18(6-4-15)25-12-17-10-20(17)21(23)24/h3-9,13,17,20,22H,10-12H2,1-2H3,(H,23,24). The van der Waals surface area contributed by atoms with Crippen LogP contribution in [0.5, 0.6) is 11.5 Å². The molecule has 2 aromatic carbocycles. The van der Waals surface area contributed by atoms with Crippen molar-refractivity contribution < 1.29 is 24.5 Å². The van der Waals surface area contributed by atoms with E-state index in [0.717, 1.165) is 28.2 Å². The van der Waals surface area contributed by atoms with E-state index in [1.54, 1.807) is 0 Å². The van der Waals surface area contributed by atoms with Crippen molar-refractivity contribution in [1.29, 1.82) is 0 Å². The van der Waals surface area contributed by atoms with Crippen molar-refractivity contribution in [2.45, 2.75) is 33.0 Å². The van der Waals surface area contributed by atoms with Crippen LogP contribution in [0.2, 0.25) is 0 Å². The molecule has 0 bridgehead atoms. The number of carbonyl (C=O) groups is 1. The van der Waals surface area contributed by atoms with Crippen molar-refractivity contribution in [2.75, 3.05) is 6.61 Å². The molecule has 0 saturated heterocycles. The van der Waals surface area contributed by atoms with Crippen LogP contribution < -0.4 is 9.47 Å². The van der Waals surface area contributed by atoms with E-state index in [1.807, 2.05) is 56.3 Å². The van der Waals surface area contributed by atoms with Crippen LogP contribution >= 0.6 is 0 Å². The van der Waals surface area contributed by atoms with Crippen LogP contribution in [0.4, 0.5) is 0 Å². The lowest BCUT2D eigenvalue weighted by Gasteiger charge is -2.13. The highest BCUT2D eigenvalue weighted by atomic mass is 16.5. The molecule has 2 atom stereocenters. The minimum absolute atomic E-state index is 0.0460. The lowest BCUT2D eigenvalue weighted by Crippen LogP contribution is -2.06. The van der Waals surface area contributed by atoms with Gasteiger partial charge in [-0.25, -0.2) is 0 Å². The van der Waals surface area contributed by atoms with Gasteiger partial charge < -0.3 is 19.7 Å². The normalized spacial score (nSPS) is 18.6. The monoisotopic (exact) mass is 356 g/mol.